The highest BCUT2D eigenvalue weighted by Gasteiger charge is 2.35. The number of esters is 1. The first kappa shape index (κ1) is 28.5. The largest absolute Gasteiger partial charge is 0.464 e. The minimum atomic E-state index is -1.18. The molecule has 8 heteroatoms. The van der Waals surface area contributed by atoms with E-state index in [2.05, 4.69) is 11.2 Å². The fraction of sp³-hybridized carbons (Fsp3) is 0.429. The average Bonchev–Trinajstić information content (AvgIpc) is 3.01. The number of carbonyl (C=O) groups excluding carboxylic acids is 4. The number of halogens is 1. The summed E-state index contributed by atoms with van der Waals surface area (Å²) in [6, 6.07) is 4.19. The summed E-state index contributed by atoms with van der Waals surface area (Å²) >= 11 is 0. The summed E-state index contributed by atoms with van der Waals surface area (Å²) in [5.74, 6) is -0.412. The minimum Gasteiger partial charge on any atom is -0.464 e. The number of hydrogen-bond donors (Lipinski definition) is 1. The fourth-order valence-corrected chi connectivity index (χ4v) is 3.71. The molecular weight excluding hydrogens is 463 g/mol. The van der Waals surface area contributed by atoms with Crippen LogP contribution in [0.2, 0.25) is 0 Å². The Balaban J connectivity index is 2.27. The van der Waals surface area contributed by atoms with E-state index < -0.39 is 40.1 Å². The molecule has 192 valence electrons. The molecule has 0 bridgehead atoms. The van der Waals surface area contributed by atoms with Gasteiger partial charge in [0.1, 0.15) is 18.1 Å². The number of benzene rings is 1. The molecule has 0 aliphatic carbocycles. The maximum Gasteiger partial charge on any atom is 0.311 e. The van der Waals surface area contributed by atoms with E-state index in [1.807, 2.05) is 0 Å². The molecular formula is C28H33FN2O5. The van der Waals surface area contributed by atoms with Crippen molar-refractivity contribution in [2.45, 2.75) is 54.9 Å². The van der Waals surface area contributed by atoms with Gasteiger partial charge < -0.3 is 14.6 Å². The van der Waals surface area contributed by atoms with Crippen molar-refractivity contribution in [1.82, 2.24) is 4.57 Å². The van der Waals surface area contributed by atoms with Crippen molar-refractivity contribution in [1.29, 1.82) is 0 Å². The highest BCUT2D eigenvalue weighted by molar-refractivity contribution is 6.44. The number of nitrogens with zero attached hydrogens (tertiary/aromatic N) is 1. The number of nitrogens with one attached hydrogen (secondary N) is 1. The van der Waals surface area contributed by atoms with E-state index in [0.29, 0.717) is 22.5 Å². The van der Waals surface area contributed by atoms with Crippen LogP contribution in [0.4, 0.5) is 10.1 Å². The van der Waals surface area contributed by atoms with Crippen molar-refractivity contribution in [3.8, 4) is 12.3 Å². The van der Waals surface area contributed by atoms with Gasteiger partial charge in [0, 0.05) is 24.8 Å². The van der Waals surface area contributed by atoms with E-state index in [1.165, 1.54) is 22.8 Å². The summed E-state index contributed by atoms with van der Waals surface area (Å²) < 4.78 is 20.4. The summed E-state index contributed by atoms with van der Waals surface area (Å²) in [5, 5.41) is 2.71. The van der Waals surface area contributed by atoms with Crippen LogP contribution in [-0.2, 0) is 21.4 Å². The highest BCUT2D eigenvalue weighted by atomic mass is 19.1. The van der Waals surface area contributed by atoms with Crippen molar-refractivity contribution in [3.63, 3.8) is 0 Å². The zero-order chi connectivity index (χ0) is 27.6. The standard InChI is InChI=1S/C28H33FN2O5/c1-10-28(8,15-36-26(35)27(5,6)7)14-21(32)24(33)22-17(3)23(31(9)18(22)4)25(34)30-19-11-12-20(29)16(2)13-19/h1,11-13H,14-15H2,2-9H3,(H,30,34). The van der Waals surface area contributed by atoms with Crippen LogP contribution in [0, 0.1) is 49.8 Å². The number of ketones is 2. The molecule has 0 fully saturated rings. The second-order valence-electron chi connectivity index (χ2n) is 10.4. The van der Waals surface area contributed by atoms with E-state index >= 15 is 0 Å². The molecule has 0 spiro atoms. The predicted octanol–water partition coefficient (Wildman–Crippen LogP) is 4.71. The molecule has 2 aromatic rings. The molecule has 0 aliphatic heterocycles. The normalized spacial score (nSPS) is 12.9. The van der Waals surface area contributed by atoms with Crippen molar-refractivity contribution >= 4 is 29.1 Å². The molecule has 0 aliphatic rings. The molecule has 1 N–H and O–H groups in total. The van der Waals surface area contributed by atoms with Gasteiger partial charge in [0.15, 0.2) is 0 Å². The van der Waals surface area contributed by atoms with Crippen LogP contribution in [0.3, 0.4) is 0 Å². The maximum absolute atomic E-state index is 13.6. The summed E-state index contributed by atoms with van der Waals surface area (Å²) in [7, 11) is 1.62. The quantitative estimate of drug-likeness (QED) is 0.247. The van der Waals surface area contributed by atoms with Gasteiger partial charge in [-0.3, -0.25) is 19.2 Å². The lowest BCUT2D eigenvalue weighted by Gasteiger charge is -2.25. The minimum absolute atomic E-state index is 0.119. The highest BCUT2D eigenvalue weighted by Crippen LogP contribution is 2.28. The predicted molar refractivity (Wildman–Crippen MR) is 135 cm³/mol. The second-order valence-corrected chi connectivity index (χ2v) is 10.4. The molecule has 1 unspecified atom stereocenters. The Bertz CT molecular complexity index is 1280. The fourth-order valence-electron chi connectivity index (χ4n) is 3.71. The number of amides is 1. The number of carbonyl (C=O) groups is 4. The molecule has 1 amide bonds. The van der Waals surface area contributed by atoms with Gasteiger partial charge in [-0.05, 0) is 77.8 Å². The lowest BCUT2D eigenvalue weighted by molar-refractivity contribution is -0.155. The van der Waals surface area contributed by atoms with E-state index in [0.717, 1.165) is 0 Å². The van der Waals surface area contributed by atoms with Gasteiger partial charge in [0.05, 0.1) is 16.4 Å². The molecule has 7 nitrogen and oxygen atoms in total. The number of anilines is 1. The Morgan fingerprint density at radius 3 is 2.25 bits per heavy atom. The van der Waals surface area contributed by atoms with Crippen LogP contribution in [0.5, 0.6) is 0 Å². The van der Waals surface area contributed by atoms with E-state index in [1.54, 1.807) is 55.5 Å². The molecule has 0 radical (unpaired) electrons. The van der Waals surface area contributed by atoms with Gasteiger partial charge >= 0.3 is 5.97 Å². The Hall–Kier alpha value is -3.73. The number of ether oxygens (including phenoxy) is 1. The van der Waals surface area contributed by atoms with E-state index in [9.17, 15) is 23.6 Å². The van der Waals surface area contributed by atoms with Crippen LogP contribution in [0.15, 0.2) is 18.2 Å². The Morgan fingerprint density at radius 1 is 1.11 bits per heavy atom. The lowest BCUT2D eigenvalue weighted by Crippen LogP contribution is -2.32. The Labute approximate surface area is 211 Å². The molecule has 1 atom stereocenters. The third kappa shape index (κ3) is 6.09. The zero-order valence-electron chi connectivity index (χ0n) is 22.1. The summed E-state index contributed by atoms with van der Waals surface area (Å²) in [5.41, 5.74) is -0.0470. The van der Waals surface area contributed by atoms with Crippen LogP contribution >= 0.6 is 0 Å². The SMILES string of the molecule is C#CC(C)(COC(=O)C(C)(C)C)CC(=O)C(=O)c1c(C)c(C(=O)Nc2ccc(F)c(C)c2)n(C)c1C. The third-order valence-corrected chi connectivity index (χ3v) is 6.08. The number of rotatable bonds is 8. The molecule has 2 rings (SSSR count). The Kier molecular flexibility index (Phi) is 8.30. The molecule has 0 saturated carbocycles. The third-order valence-electron chi connectivity index (χ3n) is 6.08. The molecule has 36 heavy (non-hydrogen) atoms. The summed E-state index contributed by atoms with van der Waals surface area (Å²) in [6.45, 7) is 11.3. The molecule has 1 aromatic heterocycles. The molecule has 0 saturated heterocycles. The van der Waals surface area contributed by atoms with Gasteiger partial charge in [-0.2, -0.15) is 0 Å². The van der Waals surface area contributed by atoms with Crippen molar-refractivity contribution < 1.29 is 28.3 Å². The summed E-state index contributed by atoms with van der Waals surface area (Å²) in [4.78, 5) is 51.3. The first-order chi connectivity index (χ1) is 16.5. The molecule has 1 heterocycles. The van der Waals surface area contributed by atoms with Crippen LogP contribution < -0.4 is 5.32 Å². The van der Waals surface area contributed by atoms with Crippen LogP contribution in [0.25, 0.3) is 0 Å². The van der Waals surface area contributed by atoms with Crippen LogP contribution in [-0.4, -0.2) is 34.6 Å². The molecule has 1 aromatic carbocycles. The number of aryl methyl sites for hydroxylation is 1. The van der Waals surface area contributed by atoms with Gasteiger partial charge in [-0.15, -0.1) is 6.42 Å². The second kappa shape index (κ2) is 10.5. The van der Waals surface area contributed by atoms with E-state index in [-0.39, 0.29) is 24.3 Å². The van der Waals surface area contributed by atoms with Crippen molar-refractivity contribution in [3.05, 3.63) is 52.1 Å². The summed E-state index contributed by atoms with van der Waals surface area (Å²) in [6.07, 6.45) is 5.30. The smallest absolute Gasteiger partial charge is 0.311 e. The van der Waals surface area contributed by atoms with Crippen LogP contribution in [0.1, 0.15) is 71.8 Å². The zero-order valence-corrected chi connectivity index (χ0v) is 22.1. The maximum atomic E-state index is 13.6. The number of hydrogen-bond acceptors (Lipinski definition) is 5. The average molecular weight is 497 g/mol. The van der Waals surface area contributed by atoms with Gasteiger partial charge in [-0.1, -0.05) is 5.92 Å². The van der Waals surface area contributed by atoms with Gasteiger partial charge in [-0.25, -0.2) is 4.39 Å². The van der Waals surface area contributed by atoms with Crippen molar-refractivity contribution in [2.24, 2.45) is 17.9 Å². The first-order valence-electron chi connectivity index (χ1n) is 11.5. The Morgan fingerprint density at radius 2 is 1.72 bits per heavy atom. The van der Waals surface area contributed by atoms with Gasteiger partial charge in [0.25, 0.3) is 5.91 Å². The number of terminal acetylenes is 1. The lowest BCUT2D eigenvalue weighted by atomic mass is 9.84. The first-order valence-corrected chi connectivity index (χ1v) is 11.5. The monoisotopic (exact) mass is 496 g/mol. The van der Waals surface area contributed by atoms with Gasteiger partial charge in [0.2, 0.25) is 11.6 Å². The van der Waals surface area contributed by atoms with Crippen molar-refractivity contribution in [2.75, 3.05) is 11.9 Å². The topological polar surface area (TPSA) is 94.5 Å². The number of aromatic nitrogens is 1. The van der Waals surface area contributed by atoms with E-state index in [4.69, 9.17) is 11.2 Å². The number of Topliss-reactive ketones (excluding diaryl/α,β-unsaturated/α-hetero) is 2.